The van der Waals surface area contributed by atoms with E-state index in [1.165, 1.54) is 22.3 Å². The van der Waals surface area contributed by atoms with Crippen molar-refractivity contribution in [1.82, 2.24) is 10.6 Å². The summed E-state index contributed by atoms with van der Waals surface area (Å²) in [6.07, 6.45) is 0. The lowest BCUT2D eigenvalue weighted by atomic mass is 9.87. The second-order valence-corrected chi connectivity index (χ2v) is 9.35. The van der Waals surface area contributed by atoms with E-state index in [0.29, 0.717) is 18.9 Å². The topological polar surface area (TPSA) is 69.1 Å². The van der Waals surface area contributed by atoms with Gasteiger partial charge in [0.1, 0.15) is 5.71 Å². The molecule has 4 rings (SSSR count). The van der Waals surface area contributed by atoms with Crippen molar-refractivity contribution in [3.63, 3.8) is 0 Å². The summed E-state index contributed by atoms with van der Waals surface area (Å²) >= 11 is 0. The third kappa shape index (κ3) is 4.54. The van der Waals surface area contributed by atoms with Crippen molar-refractivity contribution in [2.24, 2.45) is 9.98 Å². The lowest BCUT2D eigenvalue weighted by molar-refractivity contribution is 0.250. The fourth-order valence-electron chi connectivity index (χ4n) is 3.87. The van der Waals surface area contributed by atoms with Crippen LogP contribution in [0.5, 0.6) is 0 Å². The zero-order chi connectivity index (χ0) is 22.2. The van der Waals surface area contributed by atoms with Crippen LogP contribution in [0.2, 0.25) is 0 Å². The van der Waals surface area contributed by atoms with Crippen LogP contribution in [0.3, 0.4) is 0 Å². The third-order valence-electron chi connectivity index (χ3n) is 5.93. The Hall–Kier alpha value is -2.99. The highest BCUT2D eigenvalue weighted by Gasteiger charge is 2.30. The summed E-state index contributed by atoms with van der Waals surface area (Å²) in [5, 5.41) is 6.30. The van der Waals surface area contributed by atoms with Gasteiger partial charge in [0, 0.05) is 19.6 Å². The van der Waals surface area contributed by atoms with Crippen molar-refractivity contribution >= 4 is 29.0 Å². The van der Waals surface area contributed by atoms with Crippen molar-refractivity contribution in [2.75, 3.05) is 24.5 Å². The Morgan fingerprint density at radius 2 is 1.77 bits per heavy atom. The van der Waals surface area contributed by atoms with Crippen LogP contribution in [0.4, 0.5) is 16.2 Å². The first-order valence-electron chi connectivity index (χ1n) is 10.9. The van der Waals surface area contributed by atoms with E-state index in [0.717, 1.165) is 30.2 Å². The number of amides is 2. The van der Waals surface area contributed by atoms with Gasteiger partial charge in [-0.3, -0.25) is 0 Å². The summed E-state index contributed by atoms with van der Waals surface area (Å²) in [6.45, 7) is 13.6. The second kappa shape index (κ2) is 8.27. The number of anilines is 1. The lowest BCUT2D eigenvalue weighted by Gasteiger charge is -2.33. The average molecular weight is 418 g/mol. The number of hydrogen-bond acceptors (Lipinski definition) is 4. The predicted molar refractivity (Wildman–Crippen MR) is 128 cm³/mol. The van der Waals surface area contributed by atoms with Gasteiger partial charge in [0.05, 0.1) is 17.9 Å². The molecule has 0 aliphatic carbocycles. The van der Waals surface area contributed by atoms with Gasteiger partial charge >= 0.3 is 6.03 Å². The number of amidine groups is 1. The molecule has 2 aromatic carbocycles. The number of aliphatic imine (C=N–C) groups is 2. The number of benzene rings is 2. The monoisotopic (exact) mass is 417 g/mol. The van der Waals surface area contributed by atoms with Gasteiger partial charge in [0.2, 0.25) is 0 Å². The summed E-state index contributed by atoms with van der Waals surface area (Å²) < 4.78 is 0. The van der Waals surface area contributed by atoms with E-state index in [1.807, 2.05) is 0 Å². The van der Waals surface area contributed by atoms with E-state index in [4.69, 9.17) is 4.99 Å². The van der Waals surface area contributed by atoms with E-state index in [9.17, 15) is 4.79 Å². The minimum Gasteiger partial charge on any atom is -0.330 e. The Bertz CT molecular complexity index is 1060. The standard InChI is InChI=1S/C25H31N5O/c1-16-12-20-22(13-17(16)2)30(23-21(28-20)15-27-24(31)29-23)11-10-26-14-18-6-8-19(9-7-18)25(3,4)5/h6-9,12-13,26H,10-11,14-15H2,1-5H3,(H,27,31). The van der Waals surface area contributed by atoms with Gasteiger partial charge in [-0.25, -0.2) is 9.79 Å². The molecule has 0 bridgehead atoms. The Morgan fingerprint density at radius 1 is 1.06 bits per heavy atom. The molecule has 2 heterocycles. The number of nitrogens with one attached hydrogen (secondary N) is 2. The number of hydrogen-bond donors (Lipinski definition) is 2. The molecule has 0 fully saturated rings. The van der Waals surface area contributed by atoms with Gasteiger partial charge in [-0.2, -0.15) is 4.99 Å². The molecule has 162 valence electrons. The highest BCUT2D eigenvalue weighted by Crippen LogP contribution is 2.35. The number of fused-ring (bicyclic) bond motifs is 2. The number of nitrogens with zero attached hydrogens (tertiary/aromatic N) is 3. The van der Waals surface area contributed by atoms with E-state index in [2.05, 4.69) is 91.5 Å². The molecule has 0 unspecified atom stereocenters. The Morgan fingerprint density at radius 3 is 2.48 bits per heavy atom. The molecule has 2 aromatic rings. The van der Waals surface area contributed by atoms with Crippen LogP contribution in [0.1, 0.15) is 43.0 Å². The van der Waals surface area contributed by atoms with Crippen LogP contribution in [-0.4, -0.2) is 37.2 Å². The fourth-order valence-corrected chi connectivity index (χ4v) is 3.87. The quantitative estimate of drug-likeness (QED) is 0.708. The first-order chi connectivity index (χ1) is 14.7. The summed E-state index contributed by atoms with van der Waals surface area (Å²) in [5.41, 5.74) is 7.93. The number of rotatable bonds is 5. The molecule has 2 amide bonds. The van der Waals surface area contributed by atoms with Crippen LogP contribution in [0.25, 0.3) is 0 Å². The maximum absolute atomic E-state index is 11.9. The summed E-state index contributed by atoms with van der Waals surface area (Å²) in [6, 6.07) is 12.8. The van der Waals surface area contributed by atoms with Crippen molar-refractivity contribution in [1.29, 1.82) is 0 Å². The average Bonchev–Trinajstić information content (AvgIpc) is 2.72. The van der Waals surface area contributed by atoms with Crippen LogP contribution >= 0.6 is 0 Å². The highest BCUT2D eigenvalue weighted by molar-refractivity contribution is 6.51. The Kier molecular flexibility index (Phi) is 5.67. The van der Waals surface area contributed by atoms with Gasteiger partial charge in [-0.1, -0.05) is 45.0 Å². The number of carbonyl (C=O) groups is 1. The molecular formula is C25H31N5O. The van der Waals surface area contributed by atoms with Crippen molar-refractivity contribution in [3.05, 3.63) is 58.7 Å². The van der Waals surface area contributed by atoms with Crippen molar-refractivity contribution in [2.45, 2.75) is 46.6 Å². The summed E-state index contributed by atoms with van der Waals surface area (Å²) in [5.74, 6) is 0.663. The van der Waals surface area contributed by atoms with E-state index in [1.54, 1.807) is 0 Å². The molecule has 0 saturated carbocycles. The van der Waals surface area contributed by atoms with E-state index >= 15 is 0 Å². The van der Waals surface area contributed by atoms with Crippen LogP contribution in [0, 0.1) is 13.8 Å². The van der Waals surface area contributed by atoms with Crippen LogP contribution in [-0.2, 0) is 12.0 Å². The third-order valence-corrected chi connectivity index (χ3v) is 5.93. The molecule has 0 saturated heterocycles. The van der Waals surface area contributed by atoms with Gasteiger partial charge in [0.15, 0.2) is 5.84 Å². The van der Waals surface area contributed by atoms with Crippen LogP contribution < -0.4 is 15.5 Å². The summed E-state index contributed by atoms with van der Waals surface area (Å²) in [4.78, 5) is 23.0. The first-order valence-corrected chi connectivity index (χ1v) is 10.9. The number of urea groups is 1. The zero-order valence-electron chi connectivity index (χ0n) is 19.0. The molecule has 0 spiro atoms. The van der Waals surface area contributed by atoms with E-state index in [-0.39, 0.29) is 11.4 Å². The molecule has 2 aliphatic rings. The molecule has 6 nitrogen and oxygen atoms in total. The smallest absolute Gasteiger partial charge is 0.330 e. The Labute approximate surface area is 184 Å². The maximum Gasteiger partial charge on any atom is 0.343 e. The SMILES string of the molecule is Cc1cc2c(cc1C)N(CCNCc1ccc(C(C)(C)C)cc1)C1=NC(=O)NCC1=N2. The lowest BCUT2D eigenvalue weighted by Crippen LogP contribution is -2.50. The zero-order valence-corrected chi connectivity index (χ0v) is 19.0. The molecule has 6 heteroatoms. The number of carbonyl (C=O) groups excluding carboxylic acids is 1. The van der Waals surface area contributed by atoms with Gasteiger partial charge in [-0.15, -0.1) is 0 Å². The highest BCUT2D eigenvalue weighted by atomic mass is 16.2. The normalized spacial score (nSPS) is 15.6. The molecule has 0 radical (unpaired) electrons. The largest absolute Gasteiger partial charge is 0.343 e. The minimum atomic E-state index is -0.307. The molecule has 0 aromatic heterocycles. The second-order valence-electron chi connectivity index (χ2n) is 9.35. The predicted octanol–water partition coefficient (Wildman–Crippen LogP) is 4.40. The van der Waals surface area contributed by atoms with E-state index < -0.39 is 0 Å². The van der Waals surface area contributed by atoms with Gasteiger partial charge in [-0.05, 0) is 53.6 Å². The molecule has 0 atom stereocenters. The molecule has 31 heavy (non-hydrogen) atoms. The fraction of sp³-hybridized carbons (Fsp3) is 0.400. The van der Waals surface area contributed by atoms with Gasteiger partial charge < -0.3 is 15.5 Å². The minimum absolute atomic E-state index is 0.163. The molecule has 2 N–H and O–H groups in total. The van der Waals surface area contributed by atoms with Crippen LogP contribution in [0.15, 0.2) is 46.4 Å². The number of aryl methyl sites for hydroxylation is 2. The van der Waals surface area contributed by atoms with Crippen molar-refractivity contribution < 1.29 is 4.79 Å². The Balaban J connectivity index is 1.47. The first kappa shape index (κ1) is 21.2. The van der Waals surface area contributed by atoms with Crippen molar-refractivity contribution in [3.8, 4) is 0 Å². The molecular weight excluding hydrogens is 386 g/mol. The maximum atomic E-state index is 11.9. The molecule has 2 aliphatic heterocycles. The van der Waals surface area contributed by atoms with Gasteiger partial charge in [0.25, 0.3) is 0 Å². The summed E-state index contributed by atoms with van der Waals surface area (Å²) in [7, 11) is 0.